The summed E-state index contributed by atoms with van der Waals surface area (Å²) >= 11 is 1.85. The van der Waals surface area contributed by atoms with Crippen molar-refractivity contribution in [3.05, 3.63) is 182 Å². The summed E-state index contributed by atoms with van der Waals surface area (Å²) in [6, 6.07) is 64.5. The average Bonchev–Trinajstić information content (AvgIpc) is 3.97. The number of hydrogen-bond acceptors (Lipinski definition) is 5. The van der Waals surface area contributed by atoms with Crippen LogP contribution in [0.15, 0.2) is 186 Å². The number of benzene rings is 9. The van der Waals surface area contributed by atoms with Crippen LogP contribution in [0.5, 0.6) is 0 Å². The molecule has 0 spiro atoms. The Kier molecular flexibility index (Phi) is 6.82. The first-order valence-corrected chi connectivity index (χ1v) is 20.6. The summed E-state index contributed by atoms with van der Waals surface area (Å²) in [5, 5.41) is 11.8. The molecule has 4 aromatic heterocycles. The highest BCUT2D eigenvalue weighted by Crippen LogP contribution is 2.44. The molecule has 13 aromatic rings. The topological polar surface area (TPSA) is 56.7 Å². The van der Waals surface area contributed by atoms with Gasteiger partial charge in [-0.15, -0.1) is 11.3 Å². The van der Waals surface area contributed by atoms with Gasteiger partial charge in [-0.25, -0.2) is 4.98 Å². The first-order chi connectivity index (χ1) is 29.2. The Morgan fingerprint density at radius 3 is 1.98 bits per heavy atom. The molecule has 6 heteroatoms. The molecule has 0 saturated heterocycles. The Hall–Kier alpha value is -7.67. The van der Waals surface area contributed by atoms with E-state index >= 15 is 0 Å². The van der Waals surface area contributed by atoms with Crippen LogP contribution in [0.2, 0.25) is 0 Å². The van der Waals surface area contributed by atoms with Gasteiger partial charge in [0.2, 0.25) is 5.95 Å². The number of para-hydroxylation sites is 2. The van der Waals surface area contributed by atoms with Crippen molar-refractivity contribution >= 4 is 96.8 Å². The molecular weight excluding hydrogens is 741 g/mol. The van der Waals surface area contributed by atoms with Crippen LogP contribution in [0.1, 0.15) is 0 Å². The molecule has 13 rings (SSSR count). The maximum absolute atomic E-state index is 6.35. The molecule has 0 saturated carbocycles. The summed E-state index contributed by atoms with van der Waals surface area (Å²) in [5.74, 6) is 1.72. The minimum absolute atomic E-state index is 0.550. The van der Waals surface area contributed by atoms with E-state index in [-0.39, 0.29) is 0 Å². The predicted octanol–water partition coefficient (Wildman–Crippen LogP) is 14.5. The lowest BCUT2D eigenvalue weighted by Crippen LogP contribution is -2.07. The Balaban J connectivity index is 1.12. The van der Waals surface area contributed by atoms with Crippen molar-refractivity contribution in [2.45, 2.75) is 0 Å². The summed E-state index contributed by atoms with van der Waals surface area (Å²) in [4.78, 5) is 15.8. The molecule has 0 amide bonds. The fourth-order valence-electron chi connectivity index (χ4n) is 9.08. The highest BCUT2D eigenvalue weighted by atomic mass is 32.1. The summed E-state index contributed by atoms with van der Waals surface area (Å²) in [6.07, 6.45) is 0. The molecule has 0 N–H and O–H groups in total. The average molecular weight is 771 g/mol. The molecule has 59 heavy (non-hydrogen) atoms. The zero-order chi connectivity index (χ0) is 38.6. The van der Waals surface area contributed by atoms with E-state index in [2.05, 4.69) is 150 Å². The third-order valence-electron chi connectivity index (χ3n) is 11.8. The van der Waals surface area contributed by atoms with Gasteiger partial charge >= 0.3 is 0 Å². The Morgan fingerprint density at radius 2 is 1.10 bits per heavy atom. The number of thiophene rings is 1. The van der Waals surface area contributed by atoms with E-state index in [1.54, 1.807) is 0 Å². The minimum Gasteiger partial charge on any atom is -0.456 e. The summed E-state index contributed by atoms with van der Waals surface area (Å²) in [6.45, 7) is 0. The first-order valence-electron chi connectivity index (χ1n) is 19.8. The Bertz CT molecular complexity index is 3860. The lowest BCUT2D eigenvalue weighted by molar-refractivity contribution is 0.669. The zero-order valence-electron chi connectivity index (χ0n) is 31.4. The van der Waals surface area contributed by atoms with Crippen LogP contribution in [0.25, 0.3) is 125 Å². The fraction of sp³-hybridized carbons (Fsp3) is 0. The minimum atomic E-state index is 0.550. The van der Waals surface area contributed by atoms with Crippen molar-refractivity contribution in [3.63, 3.8) is 0 Å². The number of furan rings is 1. The molecule has 0 aliphatic rings. The molecule has 5 nitrogen and oxygen atoms in total. The van der Waals surface area contributed by atoms with Crippen LogP contribution in [-0.4, -0.2) is 19.5 Å². The van der Waals surface area contributed by atoms with Crippen molar-refractivity contribution in [1.82, 2.24) is 19.5 Å². The van der Waals surface area contributed by atoms with Crippen molar-refractivity contribution < 1.29 is 4.42 Å². The van der Waals surface area contributed by atoms with E-state index in [1.807, 2.05) is 47.7 Å². The maximum atomic E-state index is 6.35. The molecule has 274 valence electrons. The van der Waals surface area contributed by atoms with E-state index in [9.17, 15) is 0 Å². The Morgan fingerprint density at radius 1 is 0.407 bits per heavy atom. The summed E-state index contributed by atoms with van der Waals surface area (Å²) < 4.78 is 11.2. The lowest BCUT2D eigenvalue weighted by atomic mass is 9.98. The van der Waals surface area contributed by atoms with Crippen LogP contribution >= 0.6 is 11.3 Å². The van der Waals surface area contributed by atoms with Gasteiger partial charge in [0.15, 0.2) is 11.6 Å². The second-order valence-corrected chi connectivity index (χ2v) is 16.3. The standard InChI is InChI=1S/C53H30N4OS/c1-2-12-32(13-3-1)51-54-52(36-21-24-40-39-17-8-9-20-45(39)58-46(40)30-36)56-53(55-51)57-44-29-34-15-5-4-14-33(34)27-42(44)41-19-10-18-38(50(41)57)35-23-25-47-43(28-35)49-37-16-7-6-11-31(37)22-26-48(49)59-47/h1-30H. The predicted molar refractivity (Wildman–Crippen MR) is 246 cm³/mol. The first kappa shape index (κ1) is 32.4. The molecule has 9 aromatic carbocycles. The molecule has 0 fully saturated rings. The number of aromatic nitrogens is 4. The molecule has 0 bridgehead atoms. The number of rotatable bonds is 4. The van der Waals surface area contributed by atoms with E-state index < -0.39 is 0 Å². The van der Waals surface area contributed by atoms with Crippen molar-refractivity contribution in [2.75, 3.05) is 0 Å². The van der Waals surface area contributed by atoms with Crippen LogP contribution in [-0.2, 0) is 0 Å². The fourth-order valence-corrected chi connectivity index (χ4v) is 10.2. The second-order valence-electron chi connectivity index (χ2n) is 15.2. The molecule has 4 heterocycles. The molecule has 0 unspecified atom stereocenters. The van der Waals surface area contributed by atoms with Gasteiger partial charge < -0.3 is 4.42 Å². The molecule has 0 aliphatic carbocycles. The van der Waals surface area contributed by atoms with E-state index in [0.717, 1.165) is 71.4 Å². The van der Waals surface area contributed by atoms with Gasteiger partial charge in [-0.2, -0.15) is 9.97 Å². The largest absolute Gasteiger partial charge is 0.456 e. The smallest absolute Gasteiger partial charge is 0.238 e. The van der Waals surface area contributed by atoms with Crippen LogP contribution in [0.3, 0.4) is 0 Å². The van der Waals surface area contributed by atoms with E-state index in [0.29, 0.717) is 17.6 Å². The number of hydrogen-bond donors (Lipinski definition) is 0. The van der Waals surface area contributed by atoms with Gasteiger partial charge in [0.05, 0.1) is 11.0 Å². The van der Waals surface area contributed by atoms with Gasteiger partial charge in [0.25, 0.3) is 0 Å². The molecule has 0 radical (unpaired) electrons. The maximum Gasteiger partial charge on any atom is 0.238 e. The van der Waals surface area contributed by atoms with Gasteiger partial charge in [-0.05, 0) is 75.6 Å². The van der Waals surface area contributed by atoms with Gasteiger partial charge in [-0.1, -0.05) is 133 Å². The van der Waals surface area contributed by atoms with Crippen LogP contribution < -0.4 is 0 Å². The SMILES string of the molecule is c1ccc(-c2nc(-c3ccc4c(c3)oc3ccccc34)nc(-n3c4cc5ccccc5cc4c4cccc(-c5ccc6sc7ccc8ccccc8c7c6c5)c43)n2)cc1. The summed E-state index contributed by atoms with van der Waals surface area (Å²) in [7, 11) is 0. The van der Waals surface area contributed by atoms with Gasteiger partial charge in [0.1, 0.15) is 11.2 Å². The normalized spacial score (nSPS) is 12.1. The highest BCUT2D eigenvalue weighted by molar-refractivity contribution is 7.26. The van der Waals surface area contributed by atoms with E-state index in [4.69, 9.17) is 19.4 Å². The highest BCUT2D eigenvalue weighted by Gasteiger charge is 2.22. The van der Waals surface area contributed by atoms with Gasteiger partial charge in [-0.3, -0.25) is 4.57 Å². The van der Waals surface area contributed by atoms with Crippen molar-refractivity contribution in [3.8, 4) is 39.9 Å². The molecular formula is C53H30N4OS. The van der Waals surface area contributed by atoms with Crippen molar-refractivity contribution in [1.29, 1.82) is 0 Å². The van der Waals surface area contributed by atoms with Crippen LogP contribution in [0, 0.1) is 0 Å². The quantitative estimate of drug-likeness (QED) is 0.179. The second kappa shape index (κ2) is 12.4. The monoisotopic (exact) mass is 770 g/mol. The van der Waals surface area contributed by atoms with Crippen LogP contribution in [0.4, 0.5) is 0 Å². The van der Waals surface area contributed by atoms with Gasteiger partial charge in [0, 0.05) is 58.4 Å². The van der Waals surface area contributed by atoms with E-state index in [1.165, 1.54) is 36.3 Å². The molecule has 0 atom stereocenters. The lowest BCUT2D eigenvalue weighted by Gasteiger charge is -2.13. The molecule has 0 aliphatic heterocycles. The van der Waals surface area contributed by atoms with Crippen molar-refractivity contribution in [2.24, 2.45) is 0 Å². The number of nitrogens with zero attached hydrogens (tertiary/aromatic N) is 4. The third-order valence-corrected chi connectivity index (χ3v) is 13.0. The third kappa shape index (κ3) is 4.94. The zero-order valence-corrected chi connectivity index (χ0v) is 32.2. The number of fused-ring (bicyclic) bond motifs is 12. The summed E-state index contributed by atoms with van der Waals surface area (Å²) in [5.41, 5.74) is 7.73. The Labute approximate surface area is 341 Å².